The first kappa shape index (κ1) is 14.5. The van der Waals surface area contributed by atoms with Gasteiger partial charge < -0.3 is 15.2 Å². The zero-order chi connectivity index (χ0) is 14.2. The molecular formula is C13H20N6S. The van der Waals surface area contributed by atoms with Crippen LogP contribution < -0.4 is 10.6 Å². The number of aryl methyl sites for hydroxylation is 1. The lowest BCUT2D eigenvalue weighted by Crippen LogP contribution is -2.38. The monoisotopic (exact) mass is 292 g/mol. The van der Waals surface area contributed by atoms with Gasteiger partial charge in [-0.2, -0.15) is 11.3 Å². The summed E-state index contributed by atoms with van der Waals surface area (Å²) in [4.78, 5) is 4.21. The van der Waals surface area contributed by atoms with Gasteiger partial charge in [0.15, 0.2) is 5.96 Å². The molecule has 0 aromatic carbocycles. The molecule has 0 aliphatic heterocycles. The number of nitrogens with zero attached hydrogens (tertiary/aromatic N) is 4. The minimum absolute atomic E-state index is 0.786. The fraction of sp³-hybridized carbons (Fsp3) is 0.462. The number of rotatable bonds is 6. The fourth-order valence-corrected chi connectivity index (χ4v) is 2.50. The first-order valence-corrected chi connectivity index (χ1v) is 7.60. The Morgan fingerprint density at radius 1 is 1.45 bits per heavy atom. The van der Waals surface area contributed by atoms with Gasteiger partial charge in [-0.25, -0.2) is 0 Å². The maximum atomic E-state index is 4.21. The lowest BCUT2D eigenvalue weighted by atomic mass is 10.3. The third kappa shape index (κ3) is 4.06. The van der Waals surface area contributed by atoms with E-state index in [1.165, 1.54) is 5.56 Å². The van der Waals surface area contributed by atoms with Crippen molar-refractivity contribution in [2.75, 3.05) is 13.6 Å². The maximum absolute atomic E-state index is 4.21. The fourth-order valence-electron chi connectivity index (χ4n) is 1.83. The smallest absolute Gasteiger partial charge is 0.191 e. The summed E-state index contributed by atoms with van der Waals surface area (Å²) in [5.74, 6) is 1.82. The molecule has 0 unspecified atom stereocenters. The highest BCUT2D eigenvalue weighted by atomic mass is 32.1. The van der Waals surface area contributed by atoms with Gasteiger partial charge in [-0.05, 0) is 22.4 Å². The molecule has 0 saturated carbocycles. The number of hydrogen-bond donors (Lipinski definition) is 2. The maximum Gasteiger partial charge on any atom is 0.191 e. The van der Waals surface area contributed by atoms with Crippen LogP contribution in [0.5, 0.6) is 0 Å². The second kappa shape index (κ2) is 7.64. The standard InChI is InChI=1S/C13H20N6S/c1-3-12-18-17-10-19(12)6-5-15-13(14-2)16-8-11-4-7-20-9-11/h4,7,9-10H,3,5-6,8H2,1-2H3,(H2,14,15,16). The molecule has 20 heavy (non-hydrogen) atoms. The molecule has 0 fully saturated rings. The summed E-state index contributed by atoms with van der Waals surface area (Å²) < 4.78 is 2.05. The number of thiophene rings is 1. The van der Waals surface area contributed by atoms with Crippen LogP contribution in [0.3, 0.4) is 0 Å². The minimum Gasteiger partial charge on any atom is -0.355 e. The molecule has 0 aliphatic rings. The van der Waals surface area contributed by atoms with E-state index in [0.29, 0.717) is 0 Å². The van der Waals surface area contributed by atoms with Gasteiger partial charge >= 0.3 is 0 Å². The molecule has 0 amide bonds. The summed E-state index contributed by atoms with van der Waals surface area (Å²) >= 11 is 1.70. The zero-order valence-electron chi connectivity index (χ0n) is 11.8. The van der Waals surface area contributed by atoms with Crippen molar-refractivity contribution in [3.8, 4) is 0 Å². The van der Waals surface area contributed by atoms with Crippen LogP contribution >= 0.6 is 11.3 Å². The number of guanidine groups is 1. The summed E-state index contributed by atoms with van der Waals surface area (Å²) in [5, 5.41) is 18.8. The van der Waals surface area contributed by atoms with Gasteiger partial charge in [0.1, 0.15) is 12.2 Å². The van der Waals surface area contributed by atoms with Crippen molar-refractivity contribution in [2.45, 2.75) is 26.4 Å². The van der Waals surface area contributed by atoms with Crippen molar-refractivity contribution in [1.29, 1.82) is 0 Å². The quantitative estimate of drug-likeness (QED) is 0.621. The van der Waals surface area contributed by atoms with Gasteiger partial charge in [0, 0.05) is 33.1 Å². The zero-order valence-corrected chi connectivity index (χ0v) is 12.7. The second-order valence-corrected chi connectivity index (χ2v) is 5.06. The van der Waals surface area contributed by atoms with E-state index in [9.17, 15) is 0 Å². The summed E-state index contributed by atoms with van der Waals surface area (Å²) in [6, 6.07) is 2.11. The first-order valence-electron chi connectivity index (χ1n) is 6.65. The summed E-state index contributed by atoms with van der Waals surface area (Å²) in [6.07, 6.45) is 2.66. The number of aromatic nitrogens is 3. The van der Waals surface area contributed by atoms with E-state index in [0.717, 1.165) is 37.8 Å². The van der Waals surface area contributed by atoms with Crippen molar-refractivity contribution >= 4 is 17.3 Å². The van der Waals surface area contributed by atoms with Gasteiger partial charge in [0.25, 0.3) is 0 Å². The molecule has 0 spiro atoms. The van der Waals surface area contributed by atoms with Crippen LogP contribution in [-0.4, -0.2) is 34.3 Å². The van der Waals surface area contributed by atoms with Crippen LogP contribution in [0.2, 0.25) is 0 Å². The van der Waals surface area contributed by atoms with Crippen LogP contribution in [0.15, 0.2) is 28.1 Å². The van der Waals surface area contributed by atoms with Crippen LogP contribution in [0.25, 0.3) is 0 Å². The van der Waals surface area contributed by atoms with E-state index >= 15 is 0 Å². The van der Waals surface area contributed by atoms with Crippen LogP contribution in [0, 0.1) is 0 Å². The minimum atomic E-state index is 0.786. The molecule has 2 heterocycles. The summed E-state index contributed by atoms with van der Waals surface area (Å²) in [5.41, 5.74) is 1.27. The Labute approximate surface area is 123 Å². The van der Waals surface area contributed by atoms with E-state index in [4.69, 9.17) is 0 Å². The molecule has 0 saturated heterocycles. The highest BCUT2D eigenvalue weighted by molar-refractivity contribution is 7.07. The third-order valence-corrected chi connectivity index (χ3v) is 3.65. The molecule has 2 aromatic heterocycles. The molecule has 2 N–H and O–H groups in total. The molecule has 108 valence electrons. The van der Waals surface area contributed by atoms with Crippen LogP contribution in [0.1, 0.15) is 18.3 Å². The number of hydrogen-bond acceptors (Lipinski definition) is 4. The predicted octanol–water partition coefficient (Wildman–Crippen LogP) is 1.27. The Kier molecular flexibility index (Phi) is 5.55. The molecule has 6 nitrogen and oxygen atoms in total. The van der Waals surface area contributed by atoms with Gasteiger partial charge in [-0.15, -0.1) is 10.2 Å². The summed E-state index contributed by atoms with van der Waals surface area (Å²) in [6.45, 7) is 4.48. The molecule has 2 aromatic rings. The molecule has 0 atom stereocenters. The van der Waals surface area contributed by atoms with Crippen molar-refractivity contribution in [3.05, 3.63) is 34.5 Å². The SMILES string of the molecule is CCc1nncn1CCNC(=NC)NCc1ccsc1. The topological polar surface area (TPSA) is 67.1 Å². The number of aliphatic imine (C=N–C) groups is 1. The van der Waals surface area contributed by atoms with E-state index in [-0.39, 0.29) is 0 Å². The molecule has 0 aliphatic carbocycles. The molecule has 0 radical (unpaired) electrons. The Balaban J connectivity index is 1.74. The number of nitrogens with one attached hydrogen (secondary N) is 2. The lowest BCUT2D eigenvalue weighted by Gasteiger charge is -2.12. The van der Waals surface area contributed by atoms with Gasteiger partial charge in [-0.3, -0.25) is 4.99 Å². The van der Waals surface area contributed by atoms with Gasteiger partial charge in [0.05, 0.1) is 0 Å². The van der Waals surface area contributed by atoms with Crippen molar-refractivity contribution in [2.24, 2.45) is 4.99 Å². The van der Waals surface area contributed by atoms with Gasteiger partial charge in [-0.1, -0.05) is 6.92 Å². The predicted molar refractivity (Wildman–Crippen MR) is 81.9 cm³/mol. The van der Waals surface area contributed by atoms with Crippen molar-refractivity contribution in [3.63, 3.8) is 0 Å². The van der Waals surface area contributed by atoms with Gasteiger partial charge in [0.2, 0.25) is 0 Å². The highest BCUT2D eigenvalue weighted by Gasteiger charge is 2.02. The van der Waals surface area contributed by atoms with E-state index in [1.807, 2.05) is 0 Å². The molecule has 2 rings (SSSR count). The van der Waals surface area contributed by atoms with E-state index in [2.05, 4.69) is 54.1 Å². The largest absolute Gasteiger partial charge is 0.355 e. The van der Waals surface area contributed by atoms with Crippen molar-refractivity contribution < 1.29 is 0 Å². The molecule has 7 heteroatoms. The molecule has 0 bridgehead atoms. The Morgan fingerprint density at radius 2 is 2.35 bits per heavy atom. The van der Waals surface area contributed by atoms with E-state index in [1.54, 1.807) is 24.7 Å². The Hall–Kier alpha value is -1.89. The third-order valence-electron chi connectivity index (χ3n) is 2.92. The van der Waals surface area contributed by atoms with Crippen molar-refractivity contribution in [1.82, 2.24) is 25.4 Å². The lowest BCUT2D eigenvalue weighted by molar-refractivity contribution is 0.632. The Morgan fingerprint density at radius 3 is 3.05 bits per heavy atom. The highest BCUT2D eigenvalue weighted by Crippen LogP contribution is 2.04. The van der Waals surface area contributed by atoms with E-state index < -0.39 is 0 Å². The Bertz CT molecular complexity index is 531. The normalized spacial score (nSPS) is 11.6. The first-order chi connectivity index (χ1) is 9.83. The second-order valence-electron chi connectivity index (χ2n) is 4.28. The average molecular weight is 292 g/mol. The average Bonchev–Trinajstić information content (AvgIpc) is 3.13. The van der Waals surface area contributed by atoms with Crippen LogP contribution in [0.4, 0.5) is 0 Å². The van der Waals surface area contributed by atoms with Crippen LogP contribution in [-0.2, 0) is 19.5 Å². The molecular weight excluding hydrogens is 272 g/mol. The summed E-state index contributed by atoms with van der Waals surface area (Å²) in [7, 11) is 1.78.